The SMILES string of the molecule is COC1(CNC(=O)NCC2CCc3nccn3C2)CCC1. The Bertz CT molecular complexity index is 490. The predicted molar refractivity (Wildman–Crippen MR) is 79.0 cm³/mol. The number of ether oxygens (including phenoxy) is 1. The minimum atomic E-state index is -0.117. The molecule has 2 heterocycles. The molecule has 3 rings (SSSR count). The third-order valence-corrected chi connectivity index (χ3v) is 4.85. The molecule has 1 saturated carbocycles. The molecule has 1 aliphatic carbocycles. The van der Waals surface area contributed by atoms with Gasteiger partial charge in [-0.15, -0.1) is 0 Å². The maximum atomic E-state index is 11.9. The number of fused-ring (bicyclic) bond motifs is 1. The summed E-state index contributed by atoms with van der Waals surface area (Å²) in [6.07, 6.45) is 9.20. The summed E-state index contributed by atoms with van der Waals surface area (Å²) in [7, 11) is 1.73. The van der Waals surface area contributed by atoms with E-state index in [-0.39, 0.29) is 11.6 Å². The Balaban J connectivity index is 1.38. The van der Waals surface area contributed by atoms with Gasteiger partial charge in [0, 0.05) is 45.6 Å². The Morgan fingerprint density at radius 3 is 3.10 bits per heavy atom. The van der Waals surface area contributed by atoms with Crippen LogP contribution in [0.5, 0.6) is 0 Å². The van der Waals surface area contributed by atoms with Gasteiger partial charge in [-0.25, -0.2) is 9.78 Å². The van der Waals surface area contributed by atoms with Crippen molar-refractivity contribution >= 4 is 6.03 Å². The van der Waals surface area contributed by atoms with Crippen LogP contribution in [0.4, 0.5) is 4.79 Å². The van der Waals surface area contributed by atoms with Crippen molar-refractivity contribution in [3.05, 3.63) is 18.2 Å². The molecule has 2 N–H and O–H groups in total. The Morgan fingerprint density at radius 1 is 1.52 bits per heavy atom. The number of hydrogen-bond donors (Lipinski definition) is 2. The van der Waals surface area contributed by atoms with Gasteiger partial charge in [0.1, 0.15) is 5.82 Å². The van der Waals surface area contributed by atoms with Gasteiger partial charge in [-0.05, 0) is 31.6 Å². The van der Waals surface area contributed by atoms with Gasteiger partial charge in [0.15, 0.2) is 0 Å². The highest BCUT2D eigenvalue weighted by molar-refractivity contribution is 5.73. The van der Waals surface area contributed by atoms with Gasteiger partial charge in [-0.2, -0.15) is 0 Å². The monoisotopic (exact) mass is 292 g/mol. The van der Waals surface area contributed by atoms with Crippen LogP contribution in [-0.2, 0) is 17.7 Å². The minimum absolute atomic E-state index is 0.0882. The van der Waals surface area contributed by atoms with Gasteiger partial charge in [-0.1, -0.05) is 0 Å². The van der Waals surface area contributed by atoms with E-state index >= 15 is 0 Å². The largest absolute Gasteiger partial charge is 0.376 e. The molecule has 6 heteroatoms. The van der Waals surface area contributed by atoms with E-state index in [9.17, 15) is 4.79 Å². The highest BCUT2D eigenvalue weighted by Gasteiger charge is 2.37. The smallest absolute Gasteiger partial charge is 0.314 e. The zero-order valence-corrected chi connectivity index (χ0v) is 12.6. The lowest BCUT2D eigenvalue weighted by molar-refractivity contribution is -0.0674. The zero-order chi connectivity index (χ0) is 14.7. The fraction of sp³-hybridized carbons (Fsp3) is 0.733. The van der Waals surface area contributed by atoms with Gasteiger partial charge in [-0.3, -0.25) is 0 Å². The van der Waals surface area contributed by atoms with Crippen LogP contribution in [0.15, 0.2) is 12.4 Å². The van der Waals surface area contributed by atoms with E-state index in [0.29, 0.717) is 19.0 Å². The number of aryl methyl sites for hydroxylation is 1. The molecule has 0 radical (unpaired) electrons. The number of aromatic nitrogens is 2. The first kappa shape index (κ1) is 14.4. The standard InChI is InChI=1S/C15H24N4O2/c1-21-15(5-2-6-15)11-18-14(20)17-9-12-3-4-13-16-7-8-19(13)10-12/h7-8,12H,2-6,9-11H2,1H3,(H2,17,18,20). The van der Waals surface area contributed by atoms with Crippen LogP contribution in [0.1, 0.15) is 31.5 Å². The van der Waals surface area contributed by atoms with Crippen molar-refractivity contribution in [2.45, 2.75) is 44.2 Å². The Hall–Kier alpha value is -1.56. The van der Waals surface area contributed by atoms with Crippen molar-refractivity contribution in [2.24, 2.45) is 5.92 Å². The van der Waals surface area contributed by atoms with Crippen LogP contribution in [0.3, 0.4) is 0 Å². The number of nitrogens with one attached hydrogen (secondary N) is 2. The Morgan fingerprint density at radius 2 is 2.38 bits per heavy atom. The summed E-state index contributed by atoms with van der Waals surface area (Å²) in [5.74, 6) is 1.64. The van der Waals surface area contributed by atoms with E-state index < -0.39 is 0 Å². The quantitative estimate of drug-likeness (QED) is 0.860. The fourth-order valence-corrected chi connectivity index (χ4v) is 3.17. The van der Waals surface area contributed by atoms with Crippen LogP contribution in [0, 0.1) is 5.92 Å². The molecule has 1 aliphatic heterocycles. The third-order valence-electron chi connectivity index (χ3n) is 4.85. The molecule has 1 fully saturated rings. The average molecular weight is 292 g/mol. The number of hydrogen-bond acceptors (Lipinski definition) is 3. The lowest BCUT2D eigenvalue weighted by Crippen LogP contribution is -2.51. The number of rotatable bonds is 5. The van der Waals surface area contributed by atoms with Gasteiger partial charge >= 0.3 is 6.03 Å². The Kier molecular flexibility index (Phi) is 4.14. The molecule has 116 valence electrons. The molecule has 21 heavy (non-hydrogen) atoms. The number of carbonyl (C=O) groups is 1. The molecule has 1 aromatic rings. The maximum absolute atomic E-state index is 11.9. The maximum Gasteiger partial charge on any atom is 0.314 e. The van der Waals surface area contributed by atoms with Crippen LogP contribution in [0.2, 0.25) is 0 Å². The first-order valence-electron chi connectivity index (χ1n) is 7.78. The van der Waals surface area contributed by atoms with Crippen molar-refractivity contribution in [1.82, 2.24) is 20.2 Å². The molecule has 6 nitrogen and oxygen atoms in total. The second kappa shape index (κ2) is 6.05. The van der Waals surface area contributed by atoms with Crippen LogP contribution in [0.25, 0.3) is 0 Å². The van der Waals surface area contributed by atoms with E-state index in [1.807, 2.05) is 12.4 Å². The van der Waals surface area contributed by atoms with E-state index in [2.05, 4.69) is 20.2 Å². The molecular formula is C15H24N4O2. The topological polar surface area (TPSA) is 68.2 Å². The predicted octanol–water partition coefficient (Wildman–Crippen LogP) is 1.31. The van der Waals surface area contributed by atoms with E-state index in [4.69, 9.17) is 4.74 Å². The number of urea groups is 1. The molecule has 1 aromatic heterocycles. The molecule has 0 spiro atoms. The lowest BCUT2D eigenvalue weighted by atomic mass is 9.80. The van der Waals surface area contributed by atoms with Gasteiger partial charge in [0.2, 0.25) is 0 Å². The van der Waals surface area contributed by atoms with Crippen LogP contribution in [-0.4, -0.2) is 41.4 Å². The second-order valence-electron chi connectivity index (χ2n) is 6.20. The number of amides is 2. The van der Waals surface area contributed by atoms with Crippen LogP contribution < -0.4 is 10.6 Å². The first-order valence-corrected chi connectivity index (χ1v) is 7.78. The highest BCUT2D eigenvalue weighted by Crippen LogP contribution is 2.34. The fourth-order valence-electron chi connectivity index (χ4n) is 3.17. The summed E-state index contributed by atoms with van der Waals surface area (Å²) in [5.41, 5.74) is -0.117. The Labute approximate surface area is 125 Å². The van der Waals surface area contributed by atoms with Gasteiger partial charge in [0.25, 0.3) is 0 Å². The lowest BCUT2D eigenvalue weighted by Gasteiger charge is -2.40. The van der Waals surface area contributed by atoms with E-state index in [1.54, 1.807) is 7.11 Å². The van der Waals surface area contributed by atoms with Crippen molar-refractivity contribution in [1.29, 1.82) is 0 Å². The summed E-state index contributed by atoms with van der Waals surface area (Å²) in [6.45, 7) is 2.26. The van der Waals surface area contributed by atoms with E-state index in [1.165, 1.54) is 6.42 Å². The minimum Gasteiger partial charge on any atom is -0.376 e. The van der Waals surface area contributed by atoms with Crippen molar-refractivity contribution in [3.63, 3.8) is 0 Å². The molecule has 1 atom stereocenters. The number of imidazole rings is 1. The molecule has 2 amide bonds. The first-order chi connectivity index (χ1) is 10.2. The summed E-state index contributed by atoms with van der Waals surface area (Å²) in [6, 6.07) is -0.0882. The normalized spacial score (nSPS) is 23.0. The molecular weight excluding hydrogens is 268 g/mol. The second-order valence-corrected chi connectivity index (χ2v) is 6.20. The molecule has 0 saturated heterocycles. The third kappa shape index (κ3) is 3.20. The summed E-state index contributed by atoms with van der Waals surface area (Å²) in [5, 5.41) is 5.92. The molecule has 0 aromatic carbocycles. The van der Waals surface area contributed by atoms with Gasteiger partial charge < -0.3 is 19.9 Å². The van der Waals surface area contributed by atoms with Gasteiger partial charge in [0.05, 0.1) is 5.60 Å². The number of methoxy groups -OCH3 is 1. The average Bonchev–Trinajstić information content (AvgIpc) is 2.92. The zero-order valence-electron chi connectivity index (χ0n) is 12.6. The summed E-state index contributed by atoms with van der Waals surface area (Å²) in [4.78, 5) is 16.2. The number of carbonyl (C=O) groups excluding carboxylic acids is 1. The summed E-state index contributed by atoms with van der Waals surface area (Å²) >= 11 is 0. The highest BCUT2D eigenvalue weighted by atomic mass is 16.5. The number of nitrogens with zero attached hydrogens (tertiary/aromatic N) is 2. The van der Waals surface area contributed by atoms with Crippen molar-refractivity contribution in [3.8, 4) is 0 Å². The van der Waals surface area contributed by atoms with Crippen molar-refractivity contribution < 1.29 is 9.53 Å². The van der Waals surface area contributed by atoms with Crippen molar-refractivity contribution in [2.75, 3.05) is 20.2 Å². The summed E-state index contributed by atoms with van der Waals surface area (Å²) < 4.78 is 7.68. The van der Waals surface area contributed by atoms with E-state index in [0.717, 1.165) is 38.1 Å². The molecule has 2 aliphatic rings. The molecule has 1 unspecified atom stereocenters. The molecule has 0 bridgehead atoms. The van der Waals surface area contributed by atoms with Crippen LogP contribution >= 0.6 is 0 Å².